The van der Waals surface area contributed by atoms with Crippen molar-refractivity contribution in [3.05, 3.63) is 42.6 Å². The molecule has 0 aliphatic carbocycles. The summed E-state index contributed by atoms with van der Waals surface area (Å²) in [6.07, 6.45) is 6.02. The van der Waals surface area contributed by atoms with Gasteiger partial charge in [-0.05, 0) is 12.1 Å². The molecule has 0 amide bonds. The first-order chi connectivity index (χ1) is 8.05. The van der Waals surface area contributed by atoms with Crippen LogP contribution in [0.4, 0.5) is 0 Å². The van der Waals surface area contributed by atoms with Crippen molar-refractivity contribution >= 4 is 16.4 Å². The quantitative estimate of drug-likeness (QED) is 0.588. The van der Waals surface area contributed by atoms with Crippen molar-refractivity contribution in [1.82, 2.24) is 14.4 Å². The Hall–Kier alpha value is -1.90. The molecule has 86 valence electrons. The maximum atomic E-state index is 4.65. The normalized spacial score (nSPS) is 12.4. The highest BCUT2D eigenvalue weighted by Gasteiger charge is 2.18. The first-order valence-corrected chi connectivity index (χ1v) is 5.79. The van der Waals surface area contributed by atoms with Crippen molar-refractivity contribution in [2.75, 3.05) is 0 Å². The fourth-order valence-electron chi connectivity index (χ4n) is 1.98. The van der Waals surface area contributed by atoms with Crippen molar-refractivity contribution in [3.63, 3.8) is 0 Å². The van der Waals surface area contributed by atoms with Gasteiger partial charge in [-0.1, -0.05) is 26.8 Å². The van der Waals surface area contributed by atoms with E-state index in [9.17, 15) is 0 Å². The molecule has 3 heteroatoms. The summed E-state index contributed by atoms with van der Waals surface area (Å²) in [4.78, 5) is 9.13. The molecule has 17 heavy (non-hydrogen) atoms. The Morgan fingerprint density at radius 2 is 2.00 bits per heavy atom. The molecule has 0 saturated carbocycles. The van der Waals surface area contributed by atoms with Crippen molar-refractivity contribution in [3.8, 4) is 0 Å². The molecule has 0 atom stereocenters. The van der Waals surface area contributed by atoms with Crippen LogP contribution in [-0.2, 0) is 5.41 Å². The van der Waals surface area contributed by atoms with E-state index in [1.165, 1.54) is 0 Å². The monoisotopic (exact) mass is 225 g/mol. The third kappa shape index (κ3) is 1.58. The average molecular weight is 225 g/mol. The zero-order valence-electron chi connectivity index (χ0n) is 10.3. The zero-order valence-corrected chi connectivity index (χ0v) is 10.3. The summed E-state index contributed by atoms with van der Waals surface area (Å²) in [6.45, 7) is 6.39. The topological polar surface area (TPSA) is 30.2 Å². The van der Waals surface area contributed by atoms with Gasteiger partial charge in [-0.2, -0.15) is 0 Å². The van der Waals surface area contributed by atoms with E-state index in [0.717, 1.165) is 22.2 Å². The molecule has 0 fully saturated rings. The Morgan fingerprint density at radius 3 is 2.76 bits per heavy atom. The molecule has 0 saturated heterocycles. The Morgan fingerprint density at radius 1 is 1.18 bits per heavy atom. The van der Waals surface area contributed by atoms with Crippen molar-refractivity contribution in [2.24, 2.45) is 0 Å². The van der Waals surface area contributed by atoms with Gasteiger partial charge in [0.15, 0.2) is 0 Å². The molecule has 0 aliphatic rings. The SMILES string of the molecule is CC(C)(C)c1ncc2c(cn3ccccc23)n1. The summed E-state index contributed by atoms with van der Waals surface area (Å²) in [5.74, 6) is 0.890. The average Bonchev–Trinajstić information content (AvgIpc) is 2.65. The fraction of sp³-hybridized carbons (Fsp3) is 0.286. The van der Waals surface area contributed by atoms with Gasteiger partial charge in [-0.25, -0.2) is 9.97 Å². The van der Waals surface area contributed by atoms with Crippen LogP contribution in [0, 0.1) is 0 Å². The predicted molar refractivity (Wildman–Crippen MR) is 69.2 cm³/mol. The lowest BCUT2D eigenvalue weighted by Crippen LogP contribution is -2.15. The maximum Gasteiger partial charge on any atom is 0.134 e. The van der Waals surface area contributed by atoms with E-state index in [1.807, 2.05) is 24.5 Å². The van der Waals surface area contributed by atoms with Crippen LogP contribution in [0.5, 0.6) is 0 Å². The molecular formula is C14H15N3. The number of hydrogen-bond donors (Lipinski definition) is 0. The van der Waals surface area contributed by atoms with Gasteiger partial charge in [0.25, 0.3) is 0 Å². The minimum Gasteiger partial charge on any atom is -0.321 e. The largest absolute Gasteiger partial charge is 0.321 e. The van der Waals surface area contributed by atoms with Crippen LogP contribution >= 0.6 is 0 Å². The number of nitrogens with zero attached hydrogens (tertiary/aromatic N) is 3. The molecule has 0 spiro atoms. The van der Waals surface area contributed by atoms with Gasteiger partial charge >= 0.3 is 0 Å². The second-order valence-electron chi connectivity index (χ2n) is 5.36. The fourth-order valence-corrected chi connectivity index (χ4v) is 1.98. The molecule has 0 aliphatic heterocycles. The lowest BCUT2D eigenvalue weighted by atomic mass is 9.96. The Labute approximate surface area is 100 Å². The lowest BCUT2D eigenvalue weighted by Gasteiger charge is -2.15. The number of fused-ring (bicyclic) bond motifs is 3. The van der Waals surface area contributed by atoms with E-state index in [4.69, 9.17) is 0 Å². The zero-order chi connectivity index (χ0) is 12.0. The second kappa shape index (κ2) is 3.29. The maximum absolute atomic E-state index is 4.65. The predicted octanol–water partition coefficient (Wildman–Crippen LogP) is 3.18. The first kappa shape index (κ1) is 10.3. The highest BCUT2D eigenvalue weighted by molar-refractivity contribution is 5.94. The summed E-state index contributed by atoms with van der Waals surface area (Å²) in [7, 11) is 0. The standard InChI is InChI=1S/C14H15N3/c1-14(2,3)13-15-8-10-11(16-13)9-17-7-5-4-6-12(10)17/h4-9H,1-3H3. The van der Waals surface area contributed by atoms with Crippen LogP contribution in [0.15, 0.2) is 36.8 Å². The minimum absolute atomic E-state index is 0.0116. The van der Waals surface area contributed by atoms with Gasteiger partial charge in [0.2, 0.25) is 0 Å². The van der Waals surface area contributed by atoms with Crippen LogP contribution in [0.1, 0.15) is 26.6 Å². The smallest absolute Gasteiger partial charge is 0.134 e. The van der Waals surface area contributed by atoms with Crippen molar-refractivity contribution in [2.45, 2.75) is 26.2 Å². The van der Waals surface area contributed by atoms with Gasteiger partial charge in [0.05, 0.1) is 11.0 Å². The van der Waals surface area contributed by atoms with Crippen molar-refractivity contribution in [1.29, 1.82) is 0 Å². The molecule has 3 aromatic heterocycles. The Balaban J connectivity index is 2.34. The highest BCUT2D eigenvalue weighted by atomic mass is 14.9. The summed E-state index contributed by atoms with van der Waals surface area (Å²) in [5, 5.41) is 1.11. The van der Waals surface area contributed by atoms with Crippen LogP contribution in [-0.4, -0.2) is 14.4 Å². The van der Waals surface area contributed by atoms with Gasteiger partial charge in [-0.3, -0.25) is 0 Å². The summed E-state index contributed by atoms with van der Waals surface area (Å²) in [6, 6.07) is 6.14. The molecular weight excluding hydrogens is 210 g/mol. The van der Waals surface area contributed by atoms with E-state index in [2.05, 4.69) is 47.4 Å². The summed E-state index contributed by atoms with van der Waals surface area (Å²) in [5.41, 5.74) is 2.15. The van der Waals surface area contributed by atoms with Gasteiger partial charge in [0.1, 0.15) is 5.82 Å². The molecule has 0 unspecified atom stereocenters. The molecule has 0 radical (unpaired) electrons. The van der Waals surface area contributed by atoms with Crippen LogP contribution < -0.4 is 0 Å². The van der Waals surface area contributed by atoms with Gasteiger partial charge < -0.3 is 4.40 Å². The summed E-state index contributed by atoms with van der Waals surface area (Å²) >= 11 is 0. The highest BCUT2D eigenvalue weighted by Crippen LogP contribution is 2.23. The lowest BCUT2D eigenvalue weighted by molar-refractivity contribution is 0.548. The van der Waals surface area contributed by atoms with Crippen molar-refractivity contribution < 1.29 is 0 Å². The summed E-state index contributed by atoms with van der Waals surface area (Å²) < 4.78 is 2.09. The number of rotatable bonds is 0. The molecule has 0 N–H and O–H groups in total. The molecule has 0 bridgehead atoms. The number of pyridine rings is 1. The number of hydrogen-bond acceptors (Lipinski definition) is 2. The second-order valence-corrected chi connectivity index (χ2v) is 5.36. The van der Waals surface area contributed by atoms with E-state index in [-0.39, 0.29) is 5.41 Å². The van der Waals surface area contributed by atoms with E-state index in [0.29, 0.717) is 0 Å². The molecule has 3 heterocycles. The van der Waals surface area contributed by atoms with E-state index < -0.39 is 0 Å². The van der Waals surface area contributed by atoms with Gasteiger partial charge in [0, 0.05) is 29.4 Å². The first-order valence-electron chi connectivity index (χ1n) is 5.79. The van der Waals surface area contributed by atoms with Crippen LogP contribution in [0.25, 0.3) is 16.4 Å². The van der Waals surface area contributed by atoms with Gasteiger partial charge in [-0.15, -0.1) is 0 Å². The number of aromatic nitrogens is 3. The molecule has 3 aromatic rings. The molecule has 0 aromatic carbocycles. The molecule has 3 nitrogen and oxygen atoms in total. The Kier molecular flexibility index (Phi) is 1.99. The minimum atomic E-state index is -0.0116. The molecule has 3 rings (SSSR count). The third-order valence-corrected chi connectivity index (χ3v) is 2.92. The van der Waals surface area contributed by atoms with Crippen LogP contribution in [0.3, 0.4) is 0 Å². The van der Waals surface area contributed by atoms with Crippen LogP contribution in [0.2, 0.25) is 0 Å². The Bertz CT molecular complexity index is 689. The van der Waals surface area contributed by atoms with E-state index >= 15 is 0 Å². The van der Waals surface area contributed by atoms with E-state index in [1.54, 1.807) is 0 Å². The third-order valence-electron chi connectivity index (χ3n) is 2.92.